The Morgan fingerprint density at radius 3 is 2.65 bits per heavy atom. The zero-order chi connectivity index (χ0) is 12.3. The maximum absolute atomic E-state index is 11.8. The summed E-state index contributed by atoms with van der Waals surface area (Å²) in [6.45, 7) is 4.63. The first-order valence-electron chi connectivity index (χ1n) is 6.57. The molecule has 0 bridgehead atoms. The molecule has 2 rings (SSSR count). The van der Waals surface area contributed by atoms with Crippen LogP contribution in [0.25, 0.3) is 0 Å². The van der Waals surface area contributed by atoms with Gasteiger partial charge in [0.25, 0.3) is 0 Å². The molecule has 0 saturated carbocycles. The molecule has 0 aliphatic carbocycles. The van der Waals surface area contributed by atoms with Crippen molar-refractivity contribution >= 4 is 5.97 Å². The Hall–Kier alpha value is -0.610. The molecule has 98 valence electrons. The number of carbonyl (C=O) groups is 1. The van der Waals surface area contributed by atoms with Gasteiger partial charge in [0.1, 0.15) is 5.54 Å². The Morgan fingerprint density at radius 1 is 1.29 bits per heavy atom. The standard InChI is InChI=1S/C13H23NO3/c1-13(12(15)16-2)9-11(3-6-14-13)10-4-7-17-8-5-10/h10-11,14H,3-9H2,1-2H3. The van der Waals surface area contributed by atoms with Crippen molar-refractivity contribution < 1.29 is 14.3 Å². The van der Waals surface area contributed by atoms with E-state index in [9.17, 15) is 4.79 Å². The van der Waals surface area contributed by atoms with Crippen LogP contribution in [0.2, 0.25) is 0 Å². The summed E-state index contributed by atoms with van der Waals surface area (Å²) in [5.41, 5.74) is -0.490. The van der Waals surface area contributed by atoms with Crippen molar-refractivity contribution in [1.29, 1.82) is 0 Å². The van der Waals surface area contributed by atoms with Crippen molar-refractivity contribution in [2.45, 2.75) is 38.1 Å². The van der Waals surface area contributed by atoms with Crippen LogP contribution < -0.4 is 5.32 Å². The third-order valence-corrected chi connectivity index (χ3v) is 4.27. The molecule has 2 aliphatic rings. The van der Waals surface area contributed by atoms with E-state index in [1.165, 1.54) is 7.11 Å². The molecule has 0 aromatic rings. The van der Waals surface area contributed by atoms with Crippen molar-refractivity contribution in [3.63, 3.8) is 0 Å². The summed E-state index contributed by atoms with van der Waals surface area (Å²) in [7, 11) is 1.47. The van der Waals surface area contributed by atoms with Gasteiger partial charge in [-0.3, -0.25) is 4.79 Å². The fourth-order valence-corrected chi connectivity index (χ4v) is 3.20. The lowest BCUT2D eigenvalue weighted by Gasteiger charge is -2.41. The highest BCUT2D eigenvalue weighted by molar-refractivity contribution is 5.80. The zero-order valence-corrected chi connectivity index (χ0v) is 10.8. The molecule has 0 amide bonds. The molecule has 4 nitrogen and oxygen atoms in total. The predicted molar refractivity (Wildman–Crippen MR) is 64.7 cm³/mol. The summed E-state index contributed by atoms with van der Waals surface area (Å²) in [5, 5.41) is 3.31. The number of hydrogen-bond donors (Lipinski definition) is 1. The third kappa shape index (κ3) is 2.80. The Kier molecular flexibility index (Phi) is 4.05. The van der Waals surface area contributed by atoms with Gasteiger partial charge < -0.3 is 14.8 Å². The highest BCUT2D eigenvalue weighted by Gasteiger charge is 2.41. The number of piperidine rings is 1. The topological polar surface area (TPSA) is 47.6 Å². The first kappa shape index (κ1) is 12.8. The highest BCUT2D eigenvalue weighted by Crippen LogP contribution is 2.35. The van der Waals surface area contributed by atoms with E-state index >= 15 is 0 Å². The van der Waals surface area contributed by atoms with E-state index in [1.54, 1.807) is 0 Å². The first-order chi connectivity index (χ1) is 8.15. The normalized spacial score (nSPS) is 35.5. The van der Waals surface area contributed by atoms with Gasteiger partial charge in [-0.2, -0.15) is 0 Å². The fraction of sp³-hybridized carbons (Fsp3) is 0.923. The molecule has 2 atom stereocenters. The van der Waals surface area contributed by atoms with Crippen LogP contribution in [0.5, 0.6) is 0 Å². The number of methoxy groups -OCH3 is 1. The predicted octanol–water partition coefficient (Wildman–Crippen LogP) is 1.34. The smallest absolute Gasteiger partial charge is 0.325 e. The van der Waals surface area contributed by atoms with Crippen molar-refractivity contribution in [2.24, 2.45) is 11.8 Å². The molecule has 2 heterocycles. The molecule has 0 spiro atoms. The van der Waals surface area contributed by atoms with Crippen molar-refractivity contribution in [3.05, 3.63) is 0 Å². The maximum atomic E-state index is 11.8. The van der Waals surface area contributed by atoms with Gasteiger partial charge in [0, 0.05) is 13.2 Å². The minimum atomic E-state index is -0.490. The Balaban J connectivity index is 1.98. The molecule has 2 saturated heterocycles. The summed E-state index contributed by atoms with van der Waals surface area (Å²) in [6, 6.07) is 0. The average molecular weight is 241 g/mol. The van der Waals surface area contributed by atoms with Gasteiger partial charge in [-0.15, -0.1) is 0 Å². The molecule has 2 aliphatic heterocycles. The molecule has 2 fully saturated rings. The van der Waals surface area contributed by atoms with Gasteiger partial charge >= 0.3 is 5.97 Å². The van der Waals surface area contributed by atoms with Crippen LogP contribution in [0.1, 0.15) is 32.6 Å². The van der Waals surface area contributed by atoms with Gasteiger partial charge in [-0.25, -0.2) is 0 Å². The lowest BCUT2D eigenvalue weighted by molar-refractivity contribution is -0.150. The van der Waals surface area contributed by atoms with Crippen molar-refractivity contribution in [3.8, 4) is 0 Å². The quantitative estimate of drug-likeness (QED) is 0.741. The molecule has 17 heavy (non-hydrogen) atoms. The van der Waals surface area contributed by atoms with Crippen molar-refractivity contribution in [2.75, 3.05) is 26.9 Å². The molecule has 2 unspecified atom stereocenters. The fourth-order valence-electron chi connectivity index (χ4n) is 3.20. The summed E-state index contributed by atoms with van der Waals surface area (Å²) < 4.78 is 10.3. The molecular weight excluding hydrogens is 218 g/mol. The molecule has 0 aromatic carbocycles. The van der Waals surface area contributed by atoms with Gasteiger partial charge in [0.15, 0.2) is 0 Å². The van der Waals surface area contributed by atoms with Gasteiger partial charge in [0.2, 0.25) is 0 Å². The molecule has 4 heteroatoms. The van der Waals surface area contributed by atoms with Crippen LogP contribution in [0.4, 0.5) is 0 Å². The Morgan fingerprint density at radius 2 is 2.00 bits per heavy atom. The van der Waals surface area contributed by atoms with E-state index in [4.69, 9.17) is 9.47 Å². The lowest BCUT2D eigenvalue weighted by Crippen LogP contribution is -2.56. The molecular formula is C13H23NO3. The van der Waals surface area contributed by atoms with Gasteiger partial charge in [0.05, 0.1) is 7.11 Å². The first-order valence-corrected chi connectivity index (χ1v) is 6.57. The summed E-state index contributed by atoms with van der Waals surface area (Å²) in [6.07, 6.45) is 4.34. The largest absolute Gasteiger partial charge is 0.468 e. The summed E-state index contributed by atoms with van der Waals surface area (Å²) >= 11 is 0. The average Bonchev–Trinajstić information content (AvgIpc) is 2.39. The molecule has 0 radical (unpaired) electrons. The highest BCUT2D eigenvalue weighted by atomic mass is 16.5. The number of carbonyl (C=O) groups excluding carboxylic acids is 1. The second kappa shape index (κ2) is 5.36. The number of hydrogen-bond acceptors (Lipinski definition) is 4. The molecule has 1 N–H and O–H groups in total. The minimum absolute atomic E-state index is 0.130. The van der Waals surface area contributed by atoms with Crippen molar-refractivity contribution in [1.82, 2.24) is 5.32 Å². The summed E-state index contributed by atoms with van der Waals surface area (Å²) in [4.78, 5) is 11.8. The van der Waals surface area contributed by atoms with E-state index < -0.39 is 5.54 Å². The second-order valence-corrected chi connectivity index (χ2v) is 5.45. The van der Waals surface area contributed by atoms with E-state index in [0.717, 1.165) is 51.4 Å². The third-order valence-electron chi connectivity index (χ3n) is 4.27. The zero-order valence-electron chi connectivity index (χ0n) is 10.8. The summed E-state index contributed by atoms with van der Waals surface area (Å²) in [5.74, 6) is 1.22. The Labute approximate surface area is 103 Å². The van der Waals surface area contributed by atoms with Crippen LogP contribution in [-0.2, 0) is 14.3 Å². The van der Waals surface area contributed by atoms with E-state index in [2.05, 4.69) is 5.32 Å². The van der Waals surface area contributed by atoms with Crippen LogP contribution in [-0.4, -0.2) is 38.4 Å². The van der Waals surface area contributed by atoms with Crippen LogP contribution in [0, 0.1) is 11.8 Å². The monoisotopic (exact) mass is 241 g/mol. The number of nitrogens with one attached hydrogen (secondary N) is 1. The number of ether oxygens (including phenoxy) is 2. The molecule has 0 aromatic heterocycles. The maximum Gasteiger partial charge on any atom is 0.325 e. The van der Waals surface area contributed by atoms with E-state index in [-0.39, 0.29) is 5.97 Å². The number of esters is 1. The van der Waals surface area contributed by atoms with Crippen LogP contribution in [0.3, 0.4) is 0 Å². The Bertz CT molecular complexity index is 276. The SMILES string of the molecule is COC(=O)C1(C)CC(C2CCOCC2)CCN1. The second-order valence-electron chi connectivity index (χ2n) is 5.45. The number of rotatable bonds is 2. The van der Waals surface area contributed by atoms with Gasteiger partial charge in [-0.05, 0) is 51.0 Å². The van der Waals surface area contributed by atoms with E-state index in [1.807, 2.05) is 6.92 Å². The van der Waals surface area contributed by atoms with Crippen LogP contribution >= 0.6 is 0 Å². The van der Waals surface area contributed by atoms with Crippen LogP contribution in [0.15, 0.2) is 0 Å². The minimum Gasteiger partial charge on any atom is -0.468 e. The van der Waals surface area contributed by atoms with Gasteiger partial charge in [-0.1, -0.05) is 0 Å². The lowest BCUT2D eigenvalue weighted by atomic mass is 9.74. The van der Waals surface area contributed by atoms with E-state index in [0.29, 0.717) is 5.92 Å².